The van der Waals surface area contributed by atoms with E-state index in [2.05, 4.69) is 24.1 Å². The number of rotatable bonds is 6. The predicted molar refractivity (Wildman–Crippen MR) is 102 cm³/mol. The molecule has 7 heteroatoms. The van der Waals surface area contributed by atoms with Gasteiger partial charge in [0, 0.05) is 23.7 Å². The second-order valence-electron chi connectivity index (χ2n) is 6.14. The van der Waals surface area contributed by atoms with Crippen molar-refractivity contribution in [2.75, 3.05) is 18.1 Å². The number of aromatic nitrogens is 1. The smallest absolute Gasteiger partial charge is 0.414 e. The van der Waals surface area contributed by atoms with Crippen molar-refractivity contribution in [2.45, 2.75) is 30.7 Å². The van der Waals surface area contributed by atoms with Gasteiger partial charge in [-0.25, -0.2) is 9.78 Å². The summed E-state index contributed by atoms with van der Waals surface area (Å²) in [6.45, 7) is 5.44. The van der Waals surface area contributed by atoms with Gasteiger partial charge < -0.3 is 10.1 Å². The Morgan fingerprint density at radius 1 is 1.35 bits per heavy atom. The lowest BCUT2D eigenvalue weighted by Crippen LogP contribution is -2.25. The average Bonchev–Trinajstić information content (AvgIpc) is 3.06. The summed E-state index contributed by atoms with van der Waals surface area (Å²) < 4.78 is 4.97. The number of nitrogens with one attached hydrogen (secondary N) is 1. The molecule has 1 N–H and O–H groups in total. The zero-order valence-corrected chi connectivity index (χ0v) is 15.6. The molecule has 0 unspecified atom stereocenters. The third-order valence-corrected chi connectivity index (χ3v) is 4.82. The van der Waals surface area contributed by atoms with Gasteiger partial charge in [0.15, 0.2) is 0 Å². The van der Waals surface area contributed by atoms with Gasteiger partial charge in [0.1, 0.15) is 11.6 Å². The molecule has 0 radical (unpaired) electrons. The second-order valence-corrected chi connectivity index (χ2v) is 7.71. The molecule has 6 nitrogen and oxygen atoms in total. The molecule has 1 aliphatic heterocycles. The lowest BCUT2D eigenvalue weighted by molar-refractivity contribution is 0.0947. The highest BCUT2D eigenvalue weighted by Gasteiger charge is 2.23. The highest BCUT2D eigenvalue weighted by molar-refractivity contribution is 7.99. The predicted octanol–water partition coefficient (Wildman–Crippen LogP) is 3.47. The van der Waals surface area contributed by atoms with Crippen LogP contribution in [0.3, 0.4) is 0 Å². The maximum Gasteiger partial charge on any atom is 0.414 e. The van der Waals surface area contributed by atoms with Crippen molar-refractivity contribution < 1.29 is 14.3 Å². The number of nitrogens with zero attached hydrogens (tertiary/aromatic N) is 2. The van der Waals surface area contributed by atoms with E-state index in [9.17, 15) is 9.59 Å². The maximum atomic E-state index is 12.6. The van der Waals surface area contributed by atoms with Gasteiger partial charge in [-0.3, -0.25) is 9.69 Å². The van der Waals surface area contributed by atoms with Crippen molar-refractivity contribution >= 4 is 29.4 Å². The SMILES string of the molecule is CC(C)Sc1ncccc1C(=O)NCc1cccc(N2CCOC2=O)c1. The molecule has 0 aliphatic carbocycles. The Kier molecular flexibility index (Phi) is 5.78. The van der Waals surface area contributed by atoms with Gasteiger partial charge >= 0.3 is 6.09 Å². The largest absolute Gasteiger partial charge is 0.447 e. The van der Waals surface area contributed by atoms with Crippen LogP contribution in [0.15, 0.2) is 47.6 Å². The number of carbonyl (C=O) groups excluding carboxylic acids is 2. The van der Waals surface area contributed by atoms with E-state index in [1.54, 1.807) is 35.0 Å². The number of anilines is 1. The number of pyridine rings is 1. The Bertz CT molecular complexity index is 810. The highest BCUT2D eigenvalue weighted by atomic mass is 32.2. The number of benzene rings is 1. The summed E-state index contributed by atoms with van der Waals surface area (Å²) in [5.74, 6) is -0.160. The molecule has 1 aliphatic rings. The summed E-state index contributed by atoms with van der Waals surface area (Å²) in [4.78, 5) is 30.2. The Morgan fingerprint density at radius 2 is 2.19 bits per heavy atom. The monoisotopic (exact) mass is 371 g/mol. The van der Waals surface area contributed by atoms with Gasteiger partial charge in [-0.05, 0) is 29.8 Å². The van der Waals surface area contributed by atoms with E-state index in [1.807, 2.05) is 24.3 Å². The zero-order chi connectivity index (χ0) is 18.5. The molecule has 2 heterocycles. The molecule has 2 amide bonds. The lowest BCUT2D eigenvalue weighted by Gasteiger charge is -2.14. The van der Waals surface area contributed by atoms with Crippen molar-refractivity contribution in [2.24, 2.45) is 0 Å². The summed E-state index contributed by atoms with van der Waals surface area (Å²) in [5.41, 5.74) is 2.26. The number of ether oxygens (including phenoxy) is 1. The van der Waals surface area contributed by atoms with Crippen molar-refractivity contribution in [1.29, 1.82) is 0 Å². The molecular weight excluding hydrogens is 350 g/mol. The van der Waals surface area contributed by atoms with E-state index in [0.29, 0.717) is 30.5 Å². The van der Waals surface area contributed by atoms with Gasteiger partial charge in [-0.1, -0.05) is 26.0 Å². The number of carbonyl (C=O) groups is 2. The Labute approximate surface area is 156 Å². The fourth-order valence-electron chi connectivity index (χ4n) is 2.62. The molecule has 1 aromatic heterocycles. The average molecular weight is 371 g/mol. The molecule has 0 atom stereocenters. The van der Waals surface area contributed by atoms with Gasteiger partial charge in [0.25, 0.3) is 5.91 Å². The molecule has 1 aromatic carbocycles. The first-order valence-electron chi connectivity index (χ1n) is 8.47. The van der Waals surface area contributed by atoms with Gasteiger partial charge in [0.2, 0.25) is 0 Å². The van der Waals surface area contributed by atoms with E-state index in [-0.39, 0.29) is 12.0 Å². The second kappa shape index (κ2) is 8.23. The molecule has 0 bridgehead atoms. The third-order valence-electron chi connectivity index (χ3n) is 3.80. The van der Waals surface area contributed by atoms with Gasteiger partial charge in [0.05, 0.1) is 12.1 Å². The minimum absolute atomic E-state index is 0.160. The number of hydrogen-bond donors (Lipinski definition) is 1. The van der Waals surface area contributed by atoms with Crippen LogP contribution in [0.1, 0.15) is 29.8 Å². The lowest BCUT2D eigenvalue weighted by atomic mass is 10.2. The maximum absolute atomic E-state index is 12.6. The van der Waals surface area contributed by atoms with Crippen LogP contribution in [0.4, 0.5) is 10.5 Å². The normalized spacial score (nSPS) is 13.8. The van der Waals surface area contributed by atoms with Crippen molar-refractivity contribution in [3.05, 3.63) is 53.7 Å². The van der Waals surface area contributed by atoms with Gasteiger partial charge in [-0.2, -0.15) is 0 Å². The van der Waals surface area contributed by atoms with E-state index >= 15 is 0 Å². The Hall–Kier alpha value is -2.54. The van der Waals surface area contributed by atoms with E-state index in [1.165, 1.54) is 0 Å². The van der Waals surface area contributed by atoms with Crippen molar-refractivity contribution in [1.82, 2.24) is 10.3 Å². The first-order valence-corrected chi connectivity index (χ1v) is 9.35. The molecule has 0 spiro atoms. The summed E-state index contributed by atoms with van der Waals surface area (Å²) in [7, 11) is 0. The quantitative estimate of drug-likeness (QED) is 0.787. The van der Waals surface area contributed by atoms with Crippen LogP contribution in [0.25, 0.3) is 0 Å². The number of hydrogen-bond acceptors (Lipinski definition) is 5. The minimum Gasteiger partial charge on any atom is -0.447 e. The van der Waals surface area contributed by atoms with Gasteiger partial charge in [-0.15, -0.1) is 11.8 Å². The molecule has 3 rings (SSSR count). The van der Waals surface area contributed by atoms with Crippen LogP contribution in [0, 0.1) is 0 Å². The molecule has 136 valence electrons. The molecule has 2 aromatic rings. The van der Waals surface area contributed by atoms with Crippen molar-refractivity contribution in [3.63, 3.8) is 0 Å². The molecule has 26 heavy (non-hydrogen) atoms. The van der Waals surface area contributed by atoms with Crippen LogP contribution in [-0.2, 0) is 11.3 Å². The Morgan fingerprint density at radius 3 is 2.92 bits per heavy atom. The standard InChI is InChI=1S/C19H21N3O3S/c1-13(2)26-18-16(7-4-8-20-18)17(23)21-12-14-5-3-6-15(11-14)22-9-10-25-19(22)24/h3-8,11,13H,9-10,12H2,1-2H3,(H,21,23). The minimum atomic E-state index is -0.336. The Balaban J connectivity index is 1.68. The number of cyclic esters (lactones) is 1. The first-order chi connectivity index (χ1) is 12.5. The summed E-state index contributed by atoms with van der Waals surface area (Å²) in [6, 6.07) is 11.1. The molecule has 0 saturated carbocycles. The summed E-state index contributed by atoms with van der Waals surface area (Å²) >= 11 is 1.56. The topological polar surface area (TPSA) is 71.5 Å². The van der Waals surface area contributed by atoms with Crippen LogP contribution in [0.2, 0.25) is 0 Å². The number of amides is 2. The zero-order valence-electron chi connectivity index (χ0n) is 14.8. The van der Waals surface area contributed by atoms with Crippen LogP contribution < -0.4 is 10.2 Å². The summed E-state index contributed by atoms with van der Waals surface area (Å²) in [6.07, 6.45) is 1.36. The third kappa shape index (κ3) is 4.35. The van der Waals surface area contributed by atoms with Crippen LogP contribution in [-0.4, -0.2) is 35.4 Å². The fraction of sp³-hybridized carbons (Fsp3) is 0.316. The molecule has 1 saturated heterocycles. The van der Waals surface area contributed by atoms with Crippen LogP contribution >= 0.6 is 11.8 Å². The van der Waals surface area contributed by atoms with E-state index in [0.717, 1.165) is 16.3 Å². The highest BCUT2D eigenvalue weighted by Crippen LogP contribution is 2.24. The molecule has 1 fully saturated rings. The first kappa shape index (κ1) is 18.3. The summed E-state index contributed by atoms with van der Waals surface area (Å²) in [5, 5.41) is 4.00. The molecular formula is C19H21N3O3S. The fourth-order valence-corrected chi connectivity index (χ4v) is 3.48. The van der Waals surface area contributed by atoms with E-state index in [4.69, 9.17) is 4.74 Å². The number of thioether (sulfide) groups is 1. The van der Waals surface area contributed by atoms with E-state index < -0.39 is 0 Å². The van der Waals surface area contributed by atoms with Crippen LogP contribution in [0.5, 0.6) is 0 Å². The van der Waals surface area contributed by atoms with Crippen molar-refractivity contribution in [3.8, 4) is 0 Å².